The third-order valence-electron chi connectivity index (χ3n) is 5.41. The molecule has 1 saturated carbocycles. The van der Waals surface area contributed by atoms with Crippen LogP contribution in [-0.2, 0) is 9.59 Å². The van der Waals surface area contributed by atoms with Crippen molar-refractivity contribution < 1.29 is 9.59 Å². The minimum absolute atomic E-state index is 0.000788. The molecule has 1 aliphatic carbocycles. The highest BCUT2D eigenvalue weighted by Gasteiger charge is 2.38. The molecule has 2 amide bonds. The first-order chi connectivity index (χ1) is 11.4. The molecule has 4 atom stereocenters. The van der Waals surface area contributed by atoms with Gasteiger partial charge in [-0.3, -0.25) is 14.5 Å². The number of amides is 2. The summed E-state index contributed by atoms with van der Waals surface area (Å²) in [7, 11) is 0. The number of nitrogens with two attached hydrogens (primary N) is 1. The van der Waals surface area contributed by atoms with E-state index < -0.39 is 0 Å². The normalized spacial score (nSPS) is 23.5. The Labute approximate surface area is 148 Å². The first kappa shape index (κ1) is 21.1. The Kier molecular flexibility index (Phi) is 9.57. The van der Waals surface area contributed by atoms with Crippen molar-refractivity contribution in [2.24, 2.45) is 17.6 Å². The number of unbranched alkanes of at least 4 members (excludes halogenated alkanes) is 2. The molecule has 0 aromatic rings. The maximum atomic E-state index is 13.1. The van der Waals surface area contributed by atoms with Crippen LogP contribution in [0.5, 0.6) is 0 Å². The fourth-order valence-corrected chi connectivity index (χ4v) is 3.64. The van der Waals surface area contributed by atoms with E-state index in [2.05, 4.69) is 13.8 Å². The van der Waals surface area contributed by atoms with Crippen LogP contribution in [0, 0.1) is 11.8 Å². The van der Waals surface area contributed by atoms with Gasteiger partial charge in [-0.05, 0) is 25.7 Å². The fraction of sp³-hybridized carbons (Fsp3) is 0.900. The minimum Gasteiger partial charge on any atom is -0.326 e. The zero-order valence-corrected chi connectivity index (χ0v) is 16.2. The van der Waals surface area contributed by atoms with Gasteiger partial charge in [0.2, 0.25) is 11.8 Å². The van der Waals surface area contributed by atoms with Crippen molar-refractivity contribution >= 4 is 11.8 Å². The average molecular weight is 339 g/mol. The van der Waals surface area contributed by atoms with Crippen LogP contribution in [0.2, 0.25) is 0 Å². The molecule has 4 heteroatoms. The molecule has 0 aliphatic heterocycles. The van der Waals surface area contributed by atoms with Gasteiger partial charge in [0.15, 0.2) is 0 Å². The van der Waals surface area contributed by atoms with Gasteiger partial charge >= 0.3 is 0 Å². The van der Waals surface area contributed by atoms with Gasteiger partial charge in [0, 0.05) is 17.9 Å². The van der Waals surface area contributed by atoms with Crippen molar-refractivity contribution in [3.05, 3.63) is 0 Å². The topological polar surface area (TPSA) is 63.4 Å². The van der Waals surface area contributed by atoms with E-state index in [0.29, 0.717) is 0 Å². The first-order valence-electron chi connectivity index (χ1n) is 10.1. The van der Waals surface area contributed by atoms with Crippen molar-refractivity contribution in [2.45, 2.75) is 104 Å². The standard InChI is InChI=1S/C20H38N2O2/c1-5-7-11-15(3)19(23)22(18-14-10-9-13-17(18)21)20(24)16(4)12-8-6-2/h15-18H,5-14,21H2,1-4H3. The number of carbonyl (C=O) groups excluding carboxylic acids is 2. The number of imide groups is 1. The number of nitrogens with zero attached hydrogens (tertiary/aromatic N) is 1. The lowest BCUT2D eigenvalue weighted by Gasteiger charge is -2.39. The van der Waals surface area contributed by atoms with Crippen molar-refractivity contribution in [1.29, 1.82) is 0 Å². The molecule has 0 radical (unpaired) electrons. The third kappa shape index (κ3) is 5.87. The van der Waals surface area contributed by atoms with Crippen molar-refractivity contribution in [1.82, 2.24) is 4.90 Å². The molecule has 0 spiro atoms. The molecule has 1 rings (SSSR count). The zero-order chi connectivity index (χ0) is 18.1. The van der Waals surface area contributed by atoms with Gasteiger partial charge in [0.05, 0.1) is 6.04 Å². The van der Waals surface area contributed by atoms with Crippen LogP contribution in [0.25, 0.3) is 0 Å². The fourth-order valence-electron chi connectivity index (χ4n) is 3.64. The molecular formula is C20H38N2O2. The van der Waals surface area contributed by atoms with Crippen LogP contribution < -0.4 is 5.73 Å². The van der Waals surface area contributed by atoms with Gasteiger partial charge in [-0.25, -0.2) is 0 Å². The van der Waals surface area contributed by atoms with Crippen LogP contribution in [-0.4, -0.2) is 28.8 Å². The summed E-state index contributed by atoms with van der Waals surface area (Å²) in [5.41, 5.74) is 6.31. The number of hydrogen-bond donors (Lipinski definition) is 1. The number of rotatable bonds is 9. The Morgan fingerprint density at radius 1 is 0.958 bits per heavy atom. The summed E-state index contributed by atoms with van der Waals surface area (Å²) in [4.78, 5) is 27.7. The van der Waals surface area contributed by atoms with Crippen LogP contribution in [0.15, 0.2) is 0 Å². The molecule has 24 heavy (non-hydrogen) atoms. The molecule has 0 aromatic carbocycles. The van der Waals surface area contributed by atoms with E-state index in [1.54, 1.807) is 4.90 Å². The van der Waals surface area contributed by atoms with E-state index in [4.69, 9.17) is 5.73 Å². The molecule has 140 valence electrons. The van der Waals surface area contributed by atoms with Crippen LogP contribution >= 0.6 is 0 Å². The Bertz CT molecular complexity index is 371. The molecular weight excluding hydrogens is 300 g/mol. The van der Waals surface area contributed by atoms with E-state index in [-0.39, 0.29) is 35.7 Å². The molecule has 1 fully saturated rings. The van der Waals surface area contributed by atoms with Gasteiger partial charge in [0.1, 0.15) is 0 Å². The summed E-state index contributed by atoms with van der Waals surface area (Å²) in [5, 5.41) is 0. The Morgan fingerprint density at radius 2 is 1.42 bits per heavy atom. The van der Waals surface area contributed by atoms with Crippen LogP contribution in [0.1, 0.15) is 91.9 Å². The second kappa shape index (κ2) is 10.9. The second-order valence-corrected chi connectivity index (χ2v) is 7.65. The van der Waals surface area contributed by atoms with Gasteiger partial charge in [-0.1, -0.05) is 66.2 Å². The first-order valence-corrected chi connectivity index (χ1v) is 10.1. The second-order valence-electron chi connectivity index (χ2n) is 7.65. The van der Waals surface area contributed by atoms with Crippen LogP contribution in [0.4, 0.5) is 0 Å². The van der Waals surface area contributed by atoms with Gasteiger partial charge in [-0.2, -0.15) is 0 Å². The predicted molar refractivity (Wildman–Crippen MR) is 99.5 cm³/mol. The third-order valence-corrected chi connectivity index (χ3v) is 5.41. The Balaban J connectivity index is 2.93. The summed E-state index contributed by atoms with van der Waals surface area (Å²) in [6, 6.07) is -0.171. The van der Waals surface area contributed by atoms with E-state index in [1.807, 2.05) is 13.8 Å². The van der Waals surface area contributed by atoms with Crippen molar-refractivity contribution in [3.8, 4) is 0 Å². The van der Waals surface area contributed by atoms with E-state index in [0.717, 1.165) is 64.2 Å². The molecule has 4 unspecified atom stereocenters. The maximum absolute atomic E-state index is 13.1. The largest absolute Gasteiger partial charge is 0.326 e. The zero-order valence-electron chi connectivity index (χ0n) is 16.2. The summed E-state index contributed by atoms with van der Waals surface area (Å²) < 4.78 is 0. The van der Waals surface area contributed by atoms with Gasteiger partial charge < -0.3 is 5.73 Å². The molecule has 0 heterocycles. The molecule has 0 aromatic heterocycles. The molecule has 4 nitrogen and oxygen atoms in total. The van der Waals surface area contributed by atoms with E-state index in [1.165, 1.54) is 0 Å². The van der Waals surface area contributed by atoms with Crippen molar-refractivity contribution in [2.75, 3.05) is 0 Å². The highest BCUT2D eigenvalue weighted by Crippen LogP contribution is 2.27. The summed E-state index contributed by atoms with van der Waals surface area (Å²) in [6.07, 6.45) is 9.83. The van der Waals surface area contributed by atoms with Crippen LogP contribution in [0.3, 0.4) is 0 Å². The molecule has 1 aliphatic rings. The smallest absolute Gasteiger partial charge is 0.232 e. The van der Waals surface area contributed by atoms with E-state index in [9.17, 15) is 9.59 Å². The monoisotopic (exact) mass is 338 g/mol. The quantitative estimate of drug-likeness (QED) is 0.683. The summed E-state index contributed by atoms with van der Waals surface area (Å²) in [6.45, 7) is 8.18. The van der Waals surface area contributed by atoms with Crippen molar-refractivity contribution in [3.63, 3.8) is 0 Å². The molecule has 0 bridgehead atoms. The van der Waals surface area contributed by atoms with E-state index >= 15 is 0 Å². The minimum atomic E-state index is -0.105. The number of hydrogen-bond acceptors (Lipinski definition) is 3. The highest BCUT2D eigenvalue weighted by atomic mass is 16.2. The Morgan fingerprint density at radius 3 is 1.83 bits per heavy atom. The highest BCUT2D eigenvalue weighted by molar-refractivity contribution is 5.97. The maximum Gasteiger partial charge on any atom is 0.232 e. The predicted octanol–water partition coefficient (Wildman–Crippen LogP) is 4.26. The lowest BCUT2D eigenvalue weighted by atomic mass is 9.87. The lowest BCUT2D eigenvalue weighted by Crippen LogP contribution is -2.56. The average Bonchev–Trinajstić information content (AvgIpc) is 2.58. The summed E-state index contributed by atoms with van der Waals surface area (Å²) in [5.74, 6) is -0.193. The summed E-state index contributed by atoms with van der Waals surface area (Å²) >= 11 is 0. The Hall–Kier alpha value is -0.900. The number of carbonyl (C=O) groups is 2. The molecule has 0 saturated heterocycles. The van der Waals surface area contributed by atoms with Gasteiger partial charge in [-0.15, -0.1) is 0 Å². The SMILES string of the molecule is CCCCC(C)C(=O)N(C(=O)C(C)CCCC)C1CCCCC1N. The van der Waals surface area contributed by atoms with Gasteiger partial charge in [0.25, 0.3) is 0 Å². The molecule has 2 N–H and O–H groups in total. The lowest BCUT2D eigenvalue weighted by molar-refractivity contribution is -0.154.